The number of para-hydroxylation sites is 1. The van der Waals surface area contributed by atoms with Gasteiger partial charge in [0, 0.05) is 55.6 Å². The standard InChI is InChI=1S/C18H18ClN3O.ClH/c19-18-15(14-3-1-2-4-17(14)23-18)12-22-10-9-21-11-16(22)13-5-7-20-8-6-13;/h1-8,16,21H,9-12H2;1H. The second-order valence-corrected chi connectivity index (χ2v) is 6.16. The molecule has 3 heterocycles. The van der Waals surface area contributed by atoms with Crippen molar-refractivity contribution in [1.29, 1.82) is 0 Å². The van der Waals surface area contributed by atoms with Gasteiger partial charge in [0.15, 0.2) is 5.22 Å². The van der Waals surface area contributed by atoms with Gasteiger partial charge in [-0.3, -0.25) is 9.88 Å². The number of nitrogens with zero attached hydrogens (tertiary/aromatic N) is 2. The third-order valence-corrected chi connectivity index (χ3v) is 4.76. The van der Waals surface area contributed by atoms with Crippen molar-refractivity contribution >= 4 is 35.0 Å². The SMILES string of the molecule is Cl.Clc1oc2ccccc2c1CN1CCNCC1c1ccncc1. The number of nitrogens with one attached hydrogen (secondary N) is 1. The number of hydrogen-bond acceptors (Lipinski definition) is 4. The molecule has 0 spiro atoms. The number of halogens is 2. The van der Waals surface area contributed by atoms with Crippen LogP contribution in [0.4, 0.5) is 0 Å². The van der Waals surface area contributed by atoms with Crippen LogP contribution in [0.3, 0.4) is 0 Å². The van der Waals surface area contributed by atoms with Crippen molar-refractivity contribution < 1.29 is 4.42 Å². The summed E-state index contributed by atoms with van der Waals surface area (Å²) < 4.78 is 5.69. The summed E-state index contributed by atoms with van der Waals surface area (Å²) in [6.07, 6.45) is 3.70. The normalized spacial score (nSPS) is 18.5. The van der Waals surface area contributed by atoms with E-state index in [4.69, 9.17) is 16.0 Å². The molecule has 1 unspecified atom stereocenters. The molecule has 1 atom stereocenters. The van der Waals surface area contributed by atoms with Crippen LogP contribution in [-0.2, 0) is 6.54 Å². The summed E-state index contributed by atoms with van der Waals surface area (Å²) in [5, 5.41) is 5.08. The molecule has 0 aliphatic carbocycles. The monoisotopic (exact) mass is 363 g/mol. The predicted molar refractivity (Wildman–Crippen MR) is 98.7 cm³/mol. The third kappa shape index (κ3) is 3.28. The second kappa shape index (κ2) is 7.53. The Balaban J connectivity index is 0.00000169. The molecule has 0 radical (unpaired) electrons. The zero-order chi connectivity index (χ0) is 15.6. The molecule has 2 aromatic heterocycles. The minimum Gasteiger partial charge on any atom is -0.444 e. The predicted octanol–water partition coefficient (Wildman–Crippen LogP) is 4.05. The molecule has 3 aromatic rings. The number of fused-ring (bicyclic) bond motifs is 1. The Morgan fingerprint density at radius 1 is 1.21 bits per heavy atom. The first-order valence-electron chi connectivity index (χ1n) is 7.83. The summed E-state index contributed by atoms with van der Waals surface area (Å²) in [6, 6.07) is 12.5. The largest absolute Gasteiger partial charge is 0.444 e. The van der Waals surface area contributed by atoms with Crippen molar-refractivity contribution in [2.45, 2.75) is 12.6 Å². The number of pyridine rings is 1. The Morgan fingerprint density at radius 3 is 2.83 bits per heavy atom. The van der Waals surface area contributed by atoms with Gasteiger partial charge in [-0.05, 0) is 35.4 Å². The van der Waals surface area contributed by atoms with Gasteiger partial charge >= 0.3 is 0 Å². The van der Waals surface area contributed by atoms with Gasteiger partial charge in [-0.15, -0.1) is 12.4 Å². The fraction of sp³-hybridized carbons (Fsp3) is 0.278. The molecule has 1 aromatic carbocycles. The molecule has 4 nitrogen and oxygen atoms in total. The van der Waals surface area contributed by atoms with Gasteiger partial charge in [-0.25, -0.2) is 0 Å². The molecule has 1 fully saturated rings. The van der Waals surface area contributed by atoms with Crippen LogP contribution in [0.25, 0.3) is 11.0 Å². The van der Waals surface area contributed by atoms with Gasteiger partial charge < -0.3 is 9.73 Å². The third-order valence-electron chi connectivity index (χ3n) is 4.46. The Kier molecular flexibility index (Phi) is 5.41. The van der Waals surface area contributed by atoms with E-state index in [0.717, 1.165) is 42.7 Å². The number of rotatable bonds is 3. The van der Waals surface area contributed by atoms with Crippen LogP contribution >= 0.6 is 24.0 Å². The van der Waals surface area contributed by atoms with Crippen LogP contribution in [0.5, 0.6) is 0 Å². The lowest BCUT2D eigenvalue weighted by atomic mass is 10.0. The van der Waals surface area contributed by atoms with Crippen LogP contribution < -0.4 is 5.32 Å². The maximum absolute atomic E-state index is 6.36. The molecule has 6 heteroatoms. The fourth-order valence-corrected chi connectivity index (χ4v) is 3.51. The van der Waals surface area contributed by atoms with Crippen LogP contribution in [0.1, 0.15) is 17.2 Å². The van der Waals surface area contributed by atoms with Gasteiger partial charge in [-0.1, -0.05) is 18.2 Å². The van der Waals surface area contributed by atoms with Crippen molar-refractivity contribution in [2.24, 2.45) is 0 Å². The second-order valence-electron chi connectivity index (χ2n) is 5.82. The van der Waals surface area contributed by atoms with Crippen LogP contribution in [-0.4, -0.2) is 29.5 Å². The Labute approximate surface area is 152 Å². The van der Waals surface area contributed by atoms with Crippen LogP contribution in [0.2, 0.25) is 5.22 Å². The lowest BCUT2D eigenvalue weighted by molar-refractivity contribution is 0.154. The zero-order valence-corrected chi connectivity index (χ0v) is 14.7. The average molecular weight is 364 g/mol. The molecule has 4 rings (SSSR count). The van der Waals surface area contributed by atoms with Crippen molar-refractivity contribution in [3.05, 3.63) is 65.1 Å². The first-order valence-corrected chi connectivity index (χ1v) is 8.21. The number of benzene rings is 1. The van der Waals surface area contributed by atoms with Crippen molar-refractivity contribution in [1.82, 2.24) is 15.2 Å². The zero-order valence-electron chi connectivity index (χ0n) is 13.1. The first kappa shape index (κ1) is 17.2. The minimum absolute atomic E-state index is 0. The van der Waals surface area contributed by atoms with Crippen LogP contribution in [0.15, 0.2) is 53.2 Å². The molecule has 0 bridgehead atoms. The summed E-state index contributed by atoms with van der Waals surface area (Å²) in [5.74, 6) is 0. The van der Waals surface area contributed by atoms with E-state index >= 15 is 0 Å². The molecule has 0 amide bonds. The number of piperazine rings is 1. The molecule has 1 aliphatic rings. The quantitative estimate of drug-likeness (QED) is 0.761. The van der Waals surface area contributed by atoms with E-state index in [1.54, 1.807) is 0 Å². The Bertz CT molecular complexity index is 806. The first-order chi connectivity index (χ1) is 11.3. The van der Waals surface area contributed by atoms with Gasteiger partial charge in [0.2, 0.25) is 0 Å². The molecule has 1 aliphatic heterocycles. The molecule has 126 valence electrons. The lowest BCUT2D eigenvalue weighted by Crippen LogP contribution is -2.45. The Morgan fingerprint density at radius 2 is 2.00 bits per heavy atom. The Hall–Kier alpha value is -1.59. The molecular formula is C18H19Cl2N3O. The van der Waals surface area contributed by atoms with Crippen molar-refractivity contribution in [3.8, 4) is 0 Å². The summed E-state index contributed by atoms with van der Waals surface area (Å²) in [4.78, 5) is 6.57. The number of furan rings is 1. The highest BCUT2D eigenvalue weighted by Gasteiger charge is 2.26. The van der Waals surface area contributed by atoms with E-state index in [2.05, 4.69) is 33.4 Å². The summed E-state index contributed by atoms with van der Waals surface area (Å²) in [6.45, 7) is 3.67. The van der Waals surface area contributed by atoms with Crippen molar-refractivity contribution in [2.75, 3.05) is 19.6 Å². The van der Waals surface area contributed by atoms with E-state index in [9.17, 15) is 0 Å². The van der Waals surface area contributed by atoms with E-state index in [1.807, 2.05) is 30.6 Å². The molecule has 24 heavy (non-hydrogen) atoms. The molecule has 1 saturated heterocycles. The smallest absolute Gasteiger partial charge is 0.199 e. The molecule has 0 saturated carbocycles. The average Bonchev–Trinajstić information content (AvgIpc) is 2.92. The number of aromatic nitrogens is 1. The summed E-state index contributed by atoms with van der Waals surface area (Å²) in [5.41, 5.74) is 3.20. The highest BCUT2D eigenvalue weighted by Crippen LogP contribution is 2.33. The maximum atomic E-state index is 6.36. The van der Waals surface area contributed by atoms with Gasteiger partial charge in [0.25, 0.3) is 0 Å². The fourth-order valence-electron chi connectivity index (χ4n) is 3.27. The van der Waals surface area contributed by atoms with E-state index < -0.39 is 0 Å². The molecular weight excluding hydrogens is 345 g/mol. The minimum atomic E-state index is 0. The van der Waals surface area contributed by atoms with Gasteiger partial charge in [0.1, 0.15) is 5.58 Å². The van der Waals surface area contributed by atoms with Gasteiger partial charge in [0.05, 0.1) is 0 Å². The van der Waals surface area contributed by atoms with Crippen molar-refractivity contribution in [3.63, 3.8) is 0 Å². The van der Waals surface area contributed by atoms with E-state index in [1.165, 1.54) is 5.56 Å². The topological polar surface area (TPSA) is 41.3 Å². The van der Waals surface area contributed by atoms with Gasteiger partial charge in [-0.2, -0.15) is 0 Å². The summed E-state index contributed by atoms with van der Waals surface area (Å²) in [7, 11) is 0. The van der Waals surface area contributed by atoms with Crippen LogP contribution in [0, 0.1) is 0 Å². The van der Waals surface area contributed by atoms with E-state index in [0.29, 0.717) is 11.3 Å². The molecule has 1 N–H and O–H groups in total. The summed E-state index contributed by atoms with van der Waals surface area (Å²) >= 11 is 6.36. The highest BCUT2D eigenvalue weighted by atomic mass is 35.5. The van der Waals surface area contributed by atoms with E-state index in [-0.39, 0.29) is 12.4 Å². The maximum Gasteiger partial charge on any atom is 0.199 e. The highest BCUT2D eigenvalue weighted by molar-refractivity contribution is 6.30. The lowest BCUT2D eigenvalue weighted by Gasteiger charge is -2.36. The number of hydrogen-bond donors (Lipinski definition) is 1.